The second-order valence-corrected chi connectivity index (χ2v) is 4.65. The number of ether oxygens (including phenoxy) is 1. The smallest absolute Gasteiger partial charge is 0.261 e. The van der Waals surface area contributed by atoms with Crippen molar-refractivity contribution in [2.75, 3.05) is 0 Å². The second-order valence-electron chi connectivity index (χ2n) is 4.65. The molecule has 2 N–H and O–H groups in total. The number of aromatic nitrogens is 1. The molecule has 1 heterocycles. The fourth-order valence-electron chi connectivity index (χ4n) is 2.27. The number of carbonyl (C=O) groups is 1. The summed E-state index contributed by atoms with van der Waals surface area (Å²) in [7, 11) is 0. The van der Waals surface area contributed by atoms with Gasteiger partial charge in [0.15, 0.2) is 5.60 Å². The molecule has 0 spiro atoms. The Morgan fingerprint density at radius 1 is 1.28 bits per heavy atom. The van der Waals surface area contributed by atoms with Gasteiger partial charge in [-0.2, -0.15) is 0 Å². The van der Waals surface area contributed by atoms with E-state index in [1.54, 1.807) is 6.20 Å². The van der Waals surface area contributed by atoms with E-state index in [1.165, 1.54) is 0 Å². The van der Waals surface area contributed by atoms with Crippen LogP contribution in [0.2, 0.25) is 0 Å². The van der Waals surface area contributed by atoms with Crippen molar-refractivity contribution in [2.45, 2.75) is 24.9 Å². The van der Waals surface area contributed by atoms with Crippen molar-refractivity contribution in [3.63, 3.8) is 0 Å². The lowest BCUT2D eigenvalue weighted by molar-refractivity contribution is -0.140. The molecule has 92 valence electrons. The van der Waals surface area contributed by atoms with Crippen molar-refractivity contribution >= 4 is 16.8 Å². The van der Waals surface area contributed by atoms with E-state index in [9.17, 15) is 4.79 Å². The molecule has 1 aliphatic carbocycles. The minimum absolute atomic E-state index is 0.387. The van der Waals surface area contributed by atoms with E-state index in [-0.39, 0.29) is 5.91 Å². The SMILES string of the molecule is NC(=O)C1(Oc2cccc3cccnc23)CCC1. The molecule has 2 aromatic rings. The monoisotopic (exact) mass is 242 g/mol. The number of rotatable bonds is 3. The Balaban J connectivity index is 2.02. The molecule has 0 saturated heterocycles. The van der Waals surface area contributed by atoms with Crippen LogP contribution in [0.15, 0.2) is 36.5 Å². The van der Waals surface area contributed by atoms with Crippen LogP contribution in [0.5, 0.6) is 5.75 Å². The predicted molar refractivity (Wildman–Crippen MR) is 68.1 cm³/mol. The van der Waals surface area contributed by atoms with Gasteiger partial charge in [-0.1, -0.05) is 18.2 Å². The lowest BCUT2D eigenvalue weighted by Crippen LogP contribution is -2.54. The zero-order valence-corrected chi connectivity index (χ0v) is 9.93. The number of benzene rings is 1. The number of para-hydroxylation sites is 1. The van der Waals surface area contributed by atoms with E-state index in [1.807, 2.05) is 30.3 Å². The third-order valence-electron chi connectivity index (χ3n) is 3.51. The van der Waals surface area contributed by atoms with E-state index in [2.05, 4.69) is 4.98 Å². The van der Waals surface area contributed by atoms with Gasteiger partial charge in [-0.05, 0) is 31.4 Å². The summed E-state index contributed by atoms with van der Waals surface area (Å²) >= 11 is 0. The summed E-state index contributed by atoms with van der Waals surface area (Å²) in [6.07, 6.45) is 4.06. The normalized spacial score (nSPS) is 17.1. The number of amides is 1. The summed E-state index contributed by atoms with van der Waals surface area (Å²) in [5.41, 5.74) is 5.38. The number of nitrogens with two attached hydrogens (primary N) is 1. The van der Waals surface area contributed by atoms with Crippen molar-refractivity contribution in [3.8, 4) is 5.75 Å². The molecule has 0 radical (unpaired) electrons. The average molecular weight is 242 g/mol. The van der Waals surface area contributed by atoms with E-state index in [0.717, 1.165) is 17.3 Å². The minimum atomic E-state index is -0.828. The number of fused-ring (bicyclic) bond motifs is 1. The van der Waals surface area contributed by atoms with Gasteiger partial charge in [-0.25, -0.2) is 0 Å². The van der Waals surface area contributed by atoms with Gasteiger partial charge in [0.25, 0.3) is 5.91 Å². The van der Waals surface area contributed by atoms with Crippen LogP contribution in [0, 0.1) is 0 Å². The Morgan fingerprint density at radius 3 is 2.72 bits per heavy atom. The maximum absolute atomic E-state index is 11.5. The first-order chi connectivity index (χ1) is 8.71. The van der Waals surface area contributed by atoms with Gasteiger partial charge >= 0.3 is 0 Å². The molecule has 1 aromatic heterocycles. The zero-order valence-electron chi connectivity index (χ0n) is 9.93. The van der Waals surface area contributed by atoms with Crippen molar-refractivity contribution in [1.29, 1.82) is 0 Å². The van der Waals surface area contributed by atoms with E-state index >= 15 is 0 Å². The van der Waals surface area contributed by atoms with Crippen LogP contribution >= 0.6 is 0 Å². The number of hydrogen-bond acceptors (Lipinski definition) is 3. The van der Waals surface area contributed by atoms with Crippen LogP contribution in [0.25, 0.3) is 10.9 Å². The van der Waals surface area contributed by atoms with Crippen LogP contribution in [0.4, 0.5) is 0 Å². The third-order valence-corrected chi connectivity index (χ3v) is 3.51. The van der Waals surface area contributed by atoms with E-state index < -0.39 is 5.60 Å². The van der Waals surface area contributed by atoms with Gasteiger partial charge in [-0.15, -0.1) is 0 Å². The number of carbonyl (C=O) groups excluding carboxylic acids is 1. The summed E-state index contributed by atoms with van der Waals surface area (Å²) < 4.78 is 5.88. The maximum atomic E-state index is 11.5. The molecule has 1 amide bonds. The predicted octanol–water partition coefficient (Wildman–Crippen LogP) is 2.02. The first kappa shape index (κ1) is 11.0. The molecule has 18 heavy (non-hydrogen) atoms. The number of nitrogens with zero attached hydrogens (tertiary/aromatic N) is 1. The second kappa shape index (κ2) is 3.98. The van der Waals surface area contributed by atoms with Crippen LogP contribution in [0.1, 0.15) is 19.3 Å². The topological polar surface area (TPSA) is 65.2 Å². The summed E-state index contributed by atoms with van der Waals surface area (Å²) in [6, 6.07) is 9.53. The molecule has 1 fully saturated rings. The van der Waals surface area contributed by atoms with Crippen LogP contribution in [-0.4, -0.2) is 16.5 Å². The molecule has 1 aromatic carbocycles. The van der Waals surface area contributed by atoms with Gasteiger partial charge in [0.1, 0.15) is 11.3 Å². The quantitative estimate of drug-likeness (QED) is 0.895. The van der Waals surface area contributed by atoms with Crippen LogP contribution < -0.4 is 10.5 Å². The molecule has 0 aliphatic heterocycles. The highest BCUT2D eigenvalue weighted by Gasteiger charge is 2.45. The molecule has 0 atom stereocenters. The molecular weight excluding hydrogens is 228 g/mol. The molecule has 1 aliphatic rings. The molecule has 3 rings (SSSR count). The molecule has 0 unspecified atom stereocenters. The number of hydrogen-bond donors (Lipinski definition) is 1. The summed E-state index contributed by atoms with van der Waals surface area (Å²) in [4.78, 5) is 15.8. The van der Waals surface area contributed by atoms with Crippen molar-refractivity contribution in [2.24, 2.45) is 5.73 Å². The Kier molecular flexibility index (Phi) is 2.44. The van der Waals surface area contributed by atoms with Gasteiger partial charge in [0.2, 0.25) is 0 Å². The summed E-state index contributed by atoms with van der Waals surface area (Å²) in [5.74, 6) is 0.244. The van der Waals surface area contributed by atoms with Gasteiger partial charge in [0.05, 0.1) is 0 Å². The molecule has 0 bridgehead atoms. The van der Waals surface area contributed by atoms with E-state index in [4.69, 9.17) is 10.5 Å². The van der Waals surface area contributed by atoms with Crippen molar-refractivity contribution in [1.82, 2.24) is 4.98 Å². The lowest BCUT2D eigenvalue weighted by atomic mass is 9.79. The molecule has 4 nitrogen and oxygen atoms in total. The lowest BCUT2D eigenvalue weighted by Gasteiger charge is -2.38. The van der Waals surface area contributed by atoms with Crippen molar-refractivity contribution in [3.05, 3.63) is 36.5 Å². The standard InChI is InChI=1S/C14H14N2O2/c15-13(17)14(7-3-8-14)18-11-6-1-4-10-5-2-9-16-12(10)11/h1-2,4-6,9H,3,7-8H2,(H2,15,17). The first-order valence-electron chi connectivity index (χ1n) is 6.04. The minimum Gasteiger partial charge on any atom is -0.475 e. The average Bonchev–Trinajstić information content (AvgIpc) is 2.33. The highest BCUT2D eigenvalue weighted by atomic mass is 16.5. The maximum Gasteiger partial charge on any atom is 0.261 e. The largest absolute Gasteiger partial charge is 0.475 e. The summed E-state index contributed by atoms with van der Waals surface area (Å²) in [5, 5.41) is 0.994. The summed E-state index contributed by atoms with van der Waals surface area (Å²) in [6.45, 7) is 0. The first-order valence-corrected chi connectivity index (χ1v) is 6.04. The third kappa shape index (κ3) is 1.61. The van der Waals surface area contributed by atoms with Gasteiger partial charge < -0.3 is 10.5 Å². The van der Waals surface area contributed by atoms with Crippen molar-refractivity contribution < 1.29 is 9.53 Å². The Labute approximate surface area is 105 Å². The van der Waals surface area contributed by atoms with Gasteiger partial charge in [0, 0.05) is 11.6 Å². The Bertz CT molecular complexity index is 600. The van der Waals surface area contributed by atoms with Gasteiger partial charge in [-0.3, -0.25) is 9.78 Å². The fraction of sp³-hybridized carbons (Fsp3) is 0.286. The number of pyridine rings is 1. The fourth-order valence-corrected chi connectivity index (χ4v) is 2.27. The molecule has 1 saturated carbocycles. The zero-order chi connectivity index (χ0) is 12.6. The van der Waals surface area contributed by atoms with E-state index in [0.29, 0.717) is 18.6 Å². The molecule has 4 heteroatoms. The Hall–Kier alpha value is -2.10. The highest BCUT2D eigenvalue weighted by Crippen LogP contribution is 2.38. The van der Waals surface area contributed by atoms with Crippen LogP contribution in [0.3, 0.4) is 0 Å². The highest BCUT2D eigenvalue weighted by molar-refractivity contribution is 5.87. The number of primary amides is 1. The Morgan fingerprint density at radius 2 is 2.06 bits per heavy atom. The van der Waals surface area contributed by atoms with Crippen LogP contribution in [-0.2, 0) is 4.79 Å². The molecular formula is C14H14N2O2.